The Bertz CT molecular complexity index is 1410. The fourth-order valence-electron chi connectivity index (χ4n) is 4.31. The zero-order valence-corrected chi connectivity index (χ0v) is 20.1. The van der Waals surface area contributed by atoms with Crippen LogP contribution in [0.4, 0.5) is 5.69 Å². The van der Waals surface area contributed by atoms with Gasteiger partial charge in [0.15, 0.2) is 0 Å². The Morgan fingerprint density at radius 2 is 1.17 bits per heavy atom. The van der Waals surface area contributed by atoms with E-state index in [1.807, 2.05) is 36.4 Å². The molecule has 3 heteroatoms. The van der Waals surface area contributed by atoms with E-state index in [0.29, 0.717) is 6.42 Å². The van der Waals surface area contributed by atoms with Crippen molar-refractivity contribution in [3.63, 3.8) is 0 Å². The Morgan fingerprint density at radius 1 is 0.611 bits per heavy atom. The van der Waals surface area contributed by atoms with E-state index in [1.54, 1.807) is 0 Å². The van der Waals surface area contributed by atoms with Gasteiger partial charge < -0.3 is 5.32 Å². The van der Waals surface area contributed by atoms with Gasteiger partial charge in [-0.3, -0.25) is 0 Å². The maximum Gasteiger partial charge on any atom is 0.0715 e. The summed E-state index contributed by atoms with van der Waals surface area (Å²) in [7, 11) is 0. The lowest BCUT2D eigenvalue weighted by Gasteiger charge is -2.15. The standard InChI is InChI=1S/C33H27N3/c34-21-9-10-25-17-19-26(20-18-25)24-35-31-16-8-7-15-30(31)29-22-32(27-11-3-1-4-12-27)36-33(23-29)28-13-5-2-6-14-28/h1-8,11-20,22-23,35H,9-10,24H2. The molecule has 0 bridgehead atoms. The Morgan fingerprint density at radius 3 is 1.78 bits per heavy atom. The largest absolute Gasteiger partial charge is 0.380 e. The van der Waals surface area contributed by atoms with Gasteiger partial charge in [-0.25, -0.2) is 4.98 Å². The number of nitrogens with one attached hydrogen (secondary N) is 1. The third-order valence-corrected chi connectivity index (χ3v) is 6.23. The average molecular weight is 466 g/mol. The molecular weight excluding hydrogens is 438 g/mol. The van der Waals surface area contributed by atoms with Gasteiger partial charge in [-0.2, -0.15) is 5.26 Å². The second-order valence-corrected chi connectivity index (χ2v) is 8.73. The highest BCUT2D eigenvalue weighted by Crippen LogP contribution is 2.34. The molecule has 0 atom stereocenters. The van der Waals surface area contributed by atoms with E-state index in [2.05, 4.69) is 96.3 Å². The summed E-state index contributed by atoms with van der Waals surface area (Å²) in [6.45, 7) is 0.720. The number of nitrogens with zero attached hydrogens (tertiary/aromatic N) is 2. The number of aromatic nitrogens is 1. The van der Waals surface area contributed by atoms with Crippen LogP contribution in [0.5, 0.6) is 0 Å². The summed E-state index contributed by atoms with van der Waals surface area (Å²) in [6, 6.07) is 44.1. The number of pyridine rings is 1. The summed E-state index contributed by atoms with van der Waals surface area (Å²) in [4.78, 5) is 5.01. The van der Waals surface area contributed by atoms with Gasteiger partial charge in [0.25, 0.3) is 0 Å². The quantitative estimate of drug-likeness (QED) is 0.251. The first-order chi connectivity index (χ1) is 17.8. The highest BCUT2D eigenvalue weighted by atomic mass is 14.9. The van der Waals surface area contributed by atoms with E-state index in [4.69, 9.17) is 10.2 Å². The first-order valence-corrected chi connectivity index (χ1v) is 12.2. The number of benzene rings is 4. The molecule has 4 aromatic carbocycles. The molecule has 36 heavy (non-hydrogen) atoms. The Hall–Kier alpha value is -4.68. The normalized spacial score (nSPS) is 10.5. The molecule has 0 unspecified atom stereocenters. The predicted molar refractivity (Wildman–Crippen MR) is 148 cm³/mol. The molecular formula is C33H27N3. The van der Waals surface area contributed by atoms with Gasteiger partial charge in [0.05, 0.1) is 17.5 Å². The van der Waals surface area contributed by atoms with Crippen molar-refractivity contribution in [3.8, 4) is 39.7 Å². The van der Waals surface area contributed by atoms with Crippen LogP contribution in [-0.2, 0) is 13.0 Å². The molecule has 0 radical (unpaired) electrons. The van der Waals surface area contributed by atoms with Crippen LogP contribution in [0, 0.1) is 11.3 Å². The number of rotatable bonds is 8. The second kappa shape index (κ2) is 11.2. The Kier molecular flexibility index (Phi) is 7.16. The number of para-hydroxylation sites is 1. The third kappa shape index (κ3) is 5.51. The summed E-state index contributed by atoms with van der Waals surface area (Å²) in [5, 5.41) is 12.4. The SMILES string of the molecule is N#CCCc1ccc(CNc2ccccc2-c2cc(-c3ccccc3)nc(-c3ccccc3)c2)cc1. The van der Waals surface area contributed by atoms with E-state index in [9.17, 15) is 0 Å². The van der Waals surface area contributed by atoms with Crippen molar-refractivity contribution < 1.29 is 0 Å². The summed E-state index contributed by atoms with van der Waals surface area (Å²) in [5.41, 5.74) is 9.84. The lowest BCUT2D eigenvalue weighted by Crippen LogP contribution is -2.01. The fourth-order valence-corrected chi connectivity index (χ4v) is 4.31. The molecule has 5 aromatic rings. The van der Waals surface area contributed by atoms with Gasteiger partial charge in [-0.15, -0.1) is 0 Å². The van der Waals surface area contributed by atoms with E-state index >= 15 is 0 Å². The Labute approximate surface area is 212 Å². The van der Waals surface area contributed by atoms with E-state index < -0.39 is 0 Å². The van der Waals surface area contributed by atoms with Gasteiger partial charge in [-0.05, 0) is 41.3 Å². The van der Waals surface area contributed by atoms with Crippen LogP contribution < -0.4 is 5.32 Å². The van der Waals surface area contributed by atoms with Crippen molar-refractivity contribution >= 4 is 5.69 Å². The van der Waals surface area contributed by atoms with Crippen molar-refractivity contribution in [1.29, 1.82) is 5.26 Å². The monoisotopic (exact) mass is 465 g/mol. The van der Waals surface area contributed by atoms with Gasteiger partial charge in [0.1, 0.15) is 0 Å². The van der Waals surface area contributed by atoms with Gasteiger partial charge >= 0.3 is 0 Å². The van der Waals surface area contributed by atoms with Crippen LogP contribution in [0.15, 0.2) is 121 Å². The Balaban J connectivity index is 1.48. The molecule has 1 N–H and O–H groups in total. The molecule has 0 saturated heterocycles. The number of nitriles is 1. The van der Waals surface area contributed by atoms with Crippen molar-refractivity contribution in [2.24, 2.45) is 0 Å². The second-order valence-electron chi connectivity index (χ2n) is 8.73. The molecule has 0 aliphatic heterocycles. The highest BCUT2D eigenvalue weighted by Gasteiger charge is 2.11. The highest BCUT2D eigenvalue weighted by molar-refractivity contribution is 5.83. The topological polar surface area (TPSA) is 48.7 Å². The molecule has 3 nitrogen and oxygen atoms in total. The zero-order valence-electron chi connectivity index (χ0n) is 20.1. The smallest absolute Gasteiger partial charge is 0.0715 e. The van der Waals surface area contributed by atoms with Crippen LogP contribution >= 0.6 is 0 Å². The van der Waals surface area contributed by atoms with Crippen LogP contribution in [0.3, 0.4) is 0 Å². The summed E-state index contributed by atoms with van der Waals surface area (Å²) in [5.74, 6) is 0. The van der Waals surface area contributed by atoms with Crippen LogP contribution in [-0.4, -0.2) is 4.98 Å². The van der Waals surface area contributed by atoms with Crippen LogP contribution in [0.2, 0.25) is 0 Å². The minimum atomic E-state index is 0.548. The lowest BCUT2D eigenvalue weighted by molar-refractivity contribution is 1.01. The van der Waals surface area contributed by atoms with Crippen LogP contribution in [0.25, 0.3) is 33.6 Å². The summed E-state index contributed by atoms with van der Waals surface area (Å²) >= 11 is 0. The van der Waals surface area contributed by atoms with E-state index in [0.717, 1.165) is 52.3 Å². The number of hydrogen-bond donors (Lipinski definition) is 1. The molecule has 1 heterocycles. The lowest BCUT2D eigenvalue weighted by atomic mass is 9.98. The third-order valence-electron chi connectivity index (χ3n) is 6.23. The van der Waals surface area contributed by atoms with Crippen molar-refractivity contribution in [2.45, 2.75) is 19.4 Å². The number of anilines is 1. The van der Waals surface area contributed by atoms with E-state index in [1.165, 1.54) is 11.1 Å². The summed E-state index contributed by atoms with van der Waals surface area (Å²) < 4.78 is 0. The zero-order chi connectivity index (χ0) is 24.6. The van der Waals surface area contributed by atoms with Gasteiger partial charge in [0, 0.05) is 35.3 Å². The van der Waals surface area contributed by atoms with Crippen molar-refractivity contribution in [3.05, 3.63) is 132 Å². The predicted octanol–water partition coefficient (Wildman–Crippen LogP) is 8.15. The first kappa shape index (κ1) is 23.1. The molecule has 0 spiro atoms. The fraction of sp³-hybridized carbons (Fsp3) is 0.0909. The minimum Gasteiger partial charge on any atom is -0.380 e. The molecule has 0 saturated carbocycles. The first-order valence-electron chi connectivity index (χ1n) is 12.2. The number of aryl methyl sites for hydroxylation is 1. The average Bonchev–Trinajstić information content (AvgIpc) is 2.96. The number of hydrogen-bond acceptors (Lipinski definition) is 3. The van der Waals surface area contributed by atoms with Gasteiger partial charge in [0.2, 0.25) is 0 Å². The van der Waals surface area contributed by atoms with Crippen molar-refractivity contribution in [2.75, 3.05) is 5.32 Å². The molecule has 1 aromatic heterocycles. The minimum absolute atomic E-state index is 0.548. The maximum atomic E-state index is 8.81. The summed E-state index contributed by atoms with van der Waals surface area (Å²) in [6.07, 6.45) is 1.34. The van der Waals surface area contributed by atoms with Gasteiger partial charge in [-0.1, -0.05) is 103 Å². The maximum absolute atomic E-state index is 8.81. The van der Waals surface area contributed by atoms with Crippen molar-refractivity contribution in [1.82, 2.24) is 4.98 Å². The van der Waals surface area contributed by atoms with Crippen LogP contribution in [0.1, 0.15) is 17.5 Å². The molecule has 0 fully saturated rings. The molecule has 0 amide bonds. The molecule has 174 valence electrons. The van der Waals surface area contributed by atoms with E-state index in [-0.39, 0.29) is 0 Å². The molecule has 0 aliphatic rings. The molecule has 5 rings (SSSR count). The molecule has 0 aliphatic carbocycles.